The predicted molar refractivity (Wildman–Crippen MR) is 77.1 cm³/mol. The summed E-state index contributed by atoms with van der Waals surface area (Å²) in [5, 5.41) is 0. The highest BCUT2D eigenvalue weighted by Gasteiger charge is 2.39. The van der Waals surface area contributed by atoms with Crippen molar-refractivity contribution in [2.24, 2.45) is 5.73 Å². The van der Waals surface area contributed by atoms with Crippen molar-refractivity contribution in [1.29, 1.82) is 0 Å². The Kier molecular flexibility index (Phi) is 3.87. The van der Waals surface area contributed by atoms with E-state index in [1.54, 1.807) is 12.3 Å². The SMILES string of the molecule is Cc1ccnc2c1OCCC2(N)c1ccc(OC(F)(F)F)c(F)c1. The van der Waals surface area contributed by atoms with Gasteiger partial charge in [0.2, 0.25) is 0 Å². The van der Waals surface area contributed by atoms with Gasteiger partial charge in [0.05, 0.1) is 12.1 Å². The van der Waals surface area contributed by atoms with Crippen molar-refractivity contribution in [3.63, 3.8) is 0 Å². The molecule has 1 unspecified atom stereocenters. The molecule has 1 aliphatic rings. The number of nitrogens with two attached hydrogens (primary N) is 1. The van der Waals surface area contributed by atoms with Gasteiger partial charge >= 0.3 is 6.36 Å². The van der Waals surface area contributed by atoms with E-state index >= 15 is 0 Å². The Morgan fingerprint density at radius 3 is 2.71 bits per heavy atom. The molecule has 128 valence electrons. The standard InChI is InChI=1S/C16H14F4N2O2/c1-9-4-6-22-14-13(9)23-7-5-15(14,21)10-2-3-12(11(17)8-10)24-16(18,19)20/h2-4,6,8H,5,7,21H2,1H3. The molecule has 1 aliphatic heterocycles. The third-order valence-electron chi connectivity index (χ3n) is 3.94. The van der Waals surface area contributed by atoms with E-state index in [1.807, 2.05) is 6.92 Å². The van der Waals surface area contributed by atoms with Gasteiger partial charge in [0.1, 0.15) is 11.4 Å². The summed E-state index contributed by atoms with van der Waals surface area (Å²) in [5.74, 6) is -1.53. The van der Waals surface area contributed by atoms with Crippen LogP contribution < -0.4 is 15.2 Å². The minimum Gasteiger partial charge on any atom is -0.491 e. The molecule has 0 amide bonds. The fraction of sp³-hybridized carbons (Fsp3) is 0.312. The molecule has 0 saturated carbocycles. The van der Waals surface area contributed by atoms with Gasteiger partial charge in [-0.2, -0.15) is 0 Å². The van der Waals surface area contributed by atoms with Crippen LogP contribution in [-0.4, -0.2) is 18.0 Å². The van der Waals surface area contributed by atoms with E-state index < -0.39 is 23.5 Å². The first-order chi connectivity index (χ1) is 11.2. The van der Waals surface area contributed by atoms with E-state index in [1.165, 1.54) is 6.07 Å². The number of hydrogen-bond acceptors (Lipinski definition) is 4. The number of aromatic nitrogens is 1. The summed E-state index contributed by atoms with van der Waals surface area (Å²) in [6.07, 6.45) is -3.09. The van der Waals surface area contributed by atoms with Gasteiger partial charge in [0.25, 0.3) is 0 Å². The van der Waals surface area contributed by atoms with Crippen LogP contribution in [0.3, 0.4) is 0 Å². The number of nitrogens with zero attached hydrogens (tertiary/aromatic N) is 1. The molecule has 1 aromatic heterocycles. The molecule has 0 spiro atoms. The topological polar surface area (TPSA) is 57.4 Å². The Hall–Kier alpha value is -2.35. The van der Waals surface area contributed by atoms with Crippen LogP contribution in [0, 0.1) is 12.7 Å². The van der Waals surface area contributed by atoms with Crippen molar-refractivity contribution in [2.75, 3.05) is 6.61 Å². The maximum atomic E-state index is 14.0. The molecule has 2 aromatic rings. The van der Waals surface area contributed by atoms with Crippen molar-refractivity contribution >= 4 is 0 Å². The van der Waals surface area contributed by atoms with Crippen LogP contribution in [0.25, 0.3) is 0 Å². The highest BCUT2D eigenvalue weighted by molar-refractivity contribution is 5.48. The lowest BCUT2D eigenvalue weighted by Crippen LogP contribution is -2.43. The normalized spacial score (nSPS) is 20.2. The first-order valence-electron chi connectivity index (χ1n) is 7.14. The van der Waals surface area contributed by atoms with Crippen molar-refractivity contribution < 1.29 is 27.0 Å². The van der Waals surface area contributed by atoms with Crippen LogP contribution in [0.15, 0.2) is 30.5 Å². The van der Waals surface area contributed by atoms with Crippen LogP contribution in [0.1, 0.15) is 23.2 Å². The average molecular weight is 342 g/mol. The van der Waals surface area contributed by atoms with Crippen molar-refractivity contribution in [3.05, 3.63) is 53.1 Å². The second-order valence-electron chi connectivity index (χ2n) is 5.57. The number of benzene rings is 1. The molecule has 24 heavy (non-hydrogen) atoms. The molecule has 1 atom stereocenters. The van der Waals surface area contributed by atoms with Gasteiger partial charge in [-0.3, -0.25) is 4.98 Å². The number of pyridine rings is 1. The third-order valence-corrected chi connectivity index (χ3v) is 3.94. The van der Waals surface area contributed by atoms with Crippen molar-refractivity contribution in [1.82, 2.24) is 4.98 Å². The van der Waals surface area contributed by atoms with Gasteiger partial charge < -0.3 is 15.2 Å². The minimum atomic E-state index is -4.97. The van der Waals surface area contributed by atoms with Crippen molar-refractivity contribution in [3.8, 4) is 11.5 Å². The number of halogens is 4. The smallest absolute Gasteiger partial charge is 0.491 e. The van der Waals surface area contributed by atoms with Crippen LogP contribution >= 0.6 is 0 Å². The lowest BCUT2D eigenvalue weighted by atomic mass is 9.82. The zero-order valence-corrected chi connectivity index (χ0v) is 12.7. The fourth-order valence-electron chi connectivity index (χ4n) is 2.74. The van der Waals surface area contributed by atoms with Crippen LogP contribution in [0.2, 0.25) is 0 Å². The Labute approximate surface area is 135 Å². The maximum absolute atomic E-state index is 14.0. The molecule has 0 bridgehead atoms. The van der Waals surface area contributed by atoms with Crippen LogP contribution in [-0.2, 0) is 5.54 Å². The summed E-state index contributed by atoms with van der Waals surface area (Å²) in [4.78, 5) is 4.24. The molecule has 2 N–H and O–H groups in total. The largest absolute Gasteiger partial charge is 0.573 e. The lowest BCUT2D eigenvalue weighted by Gasteiger charge is -2.35. The molecule has 0 radical (unpaired) electrons. The molecule has 0 saturated heterocycles. The summed E-state index contributed by atoms with van der Waals surface area (Å²) in [6, 6.07) is 4.92. The summed E-state index contributed by atoms with van der Waals surface area (Å²) in [5.41, 5.74) is 6.84. The third kappa shape index (κ3) is 2.89. The van der Waals surface area contributed by atoms with Gasteiger partial charge in [0.15, 0.2) is 11.6 Å². The van der Waals surface area contributed by atoms with Gasteiger partial charge in [0, 0.05) is 12.6 Å². The van der Waals surface area contributed by atoms with Gasteiger partial charge in [-0.15, -0.1) is 13.2 Å². The Bertz CT molecular complexity index is 779. The number of alkyl halides is 3. The summed E-state index contributed by atoms with van der Waals surface area (Å²) in [6.45, 7) is 2.12. The summed E-state index contributed by atoms with van der Waals surface area (Å²) in [7, 11) is 0. The number of ether oxygens (including phenoxy) is 2. The quantitative estimate of drug-likeness (QED) is 0.850. The van der Waals surface area contributed by atoms with Gasteiger partial charge in [-0.25, -0.2) is 4.39 Å². The van der Waals surface area contributed by atoms with Crippen LogP contribution in [0.4, 0.5) is 17.6 Å². The molecule has 0 aliphatic carbocycles. The Morgan fingerprint density at radius 1 is 1.29 bits per heavy atom. The molecule has 2 heterocycles. The first-order valence-corrected chi connectivity index (χ1v) is 7.14. The highest BCUT2D eigenvalue weighted by atomic mass is 19.4. The monoisotopic (exact) mass is 342 g/mol. The second kappa shape index (κ2) is 5.62. The minimum absolute atomic E-state index is 0.290. The number of rotatable bonds is 2. The van der Waals surface area contributed by atoms with Crippen LogP contribution in [0.5, 0.6) is 11.5 Å². The number of hydrogen-bond donors (Lipinski definition) is 1. The Balaban J connectivity index is 2.04. The van der Waals surface area contributed by atoms with E-state index in [2.05, 4.69) is 9.72 Å². The number of aryl methyl sites for hydroxylation is 1. The van der Waals surface area contributed by atoms with Gasteiger partial charge in [-0.05, 0) is 36.2 Å². The first kappa shape index (κ1) is 16.5. The zero-order chi connectivity index (χ0) is 17.5. The predicted octanol–water partition coefficient (Wildman–Crippen LogP) is 3.41. The Morgan fingerprint density at radius 2 is 2.04 bits per heavy atom. The van der Waals surface area contributed by atoms with E-state index in [0.29, 0.717) is 30.0 Å². The van der Waals surface area contributed by atoms with Crippen molar-refractivity contribution in [2.45, 2.75) is 25.2 Å². The molecule has 3 rings (SSSR count). The highest BCUT2D eigenvalue weighted by Crippen LogP contribution is 2.41. The summed E-state index contributed by atoms with van der Waals surface area (Å²) >= 11 is 0. The summed E-state index contributed by atoms with van der Waals surface area (Å²) < 4.78 is 60.0. The zero-order valence-electron chi connectivity index (χ0n) is 12.7. The van der Waals surface area contributed by atoms with Gasteiger partial charge in [-0.1, -0.05) is 6.07 Å². The van der Waals surface area contributed by atoms with E-state index in [0.717, 1.165) is 17.7 Å². The molecular weight excluding hydrogens is 328 g/mol. The molecule has 1 aromatic carbocycles. The molecule has 0 fully saturated rings. The maximum Gasteiger partial charge on any atom is 0.573 e. The lowest BCUT2D eigenvalue weighted by molar-refractivity contribution is -0.275. The molecule has 4 nitrogen and oxygen atoms in total. The van der Waals surface area contributed by atoms with E-state index in [9.17, 15) is 17.6 Å². The van der Waals surface area contributed by atoms with E-state index in [4.69, 9.17) is 10.5 Å². The molecule has 8 heteroatoms. The average Bonchev–Trinajstić information content (AvgIpc) is 2.49. The molecular formula is C16H14F4N2O2. The fourth-order valence-corrected chi connectivity index (χ4v) is 2.74. The second-order valence-corrected chi connectivity index (χ2v) is 5.57. The number of fused-ring (bicyclic) bond motifs is 1. The van der Waals surface area contributed by atoms with E-state index in [-0.39, 0.29) is 0 Å².